The van der Waals surface area contributed by atoms with Crippen LogP contribution in [0.4, 0.5) is 0 Å². The van der Waals surface area contributed by atoms with Gasteiger partial charge in [0.25, 0.3) is 0 Å². The van der Waals surface area contributed by atoms with Crippen LogP contribution in [0.3, 0.4) is 0 Å². The van der Waals surface area contributed by atoms with Crippen molar-refractivity contribution in [1.29, 1.82) is 5.26 Å². The van der Waals surface area contributed by atoms with Crippen molar-refractivity contribution >= 4 is 6.21 Å². The lowest BCUT2D eigenvalue weighted by atomic mass is 9.80. The summed E-state index contributed by atoms with van der Waals surface area (Å²) < 4.78 is 0. The Bertz CT molecular complexity index is 402. The standard InChI is InChI=1S/C16H23N3/c17-8-4-5-13-9-16(10-13)19-12-15(11-18)14-6-2-1-3-7-14/h4-5,11-14,16H,1-3,6-7,9-10,18H2/b5-4+,15-11?,19-12?. The minimum absolute atomic E-state index is 0.423. The van der Waals surface area contributed by atoms with E-state index in [1.54, 1.807) is 12.3 Å². The Morgan fingerprint density at radius 2 is 1.95 bits per heavy atom. The third-order valence-electron chi connectivity index (χ3n) is 4.30. The van der Waals surface area contributed by atoms with E-state index in [1.165, 1.54) is 37.7 Å². The molecule has 0 atom stereocenters. The summed E-state index contributed by atoms with van der Waals surface area (Å²) in [6, 6.07) is 2.46. The van der Waals surface area contributed by atoms with Crippen molar-refractivity contribution in [3.63, 3.8) is 0 Å². The molecule has 0 aromatic heterocycles. The summed E-state index contributed by atoms with van der Waals surface area (Å²) in [4.78, 5) is 4.64. The van der Waals surface area contributed by atoms with Gasteiger partial charge in [0.1, 0.15) is 0 Å². The number of nitrogens with two attached hydrogens (primary N) is 1. The zero-order valence-corrected chi connectivity index (χ0v) is 11.5. The first-order valence-electron chi connectivity index (χ1n) is 7.34. The summed E-state index contributed by atoms with van der Waals surface area (Å²) in [5.74, 6) is 1.17. The Labute approximate surface area is 115 Å². The Hall–Kier alpha value is -1.56. The minimum Gasteiger partial charge on any atom is -0.404 e. The molecule has 0 spiro atoms. The van der Waals surface area contributed by atoms with Gasteiger partial charge in [-0.05, 0) is 49.3 Å². The molecule has 0 saturated heterocycles. The molecule has 102 valence electrons. The van der Waals surface area contributed by atoms with Crippen molar-refractivity contribution in [3.8, 4) is 6.07 Å². The Balaban J connectivity index is 1.79. The first-order chi connectivity index (χ1) is 9.33. The maximum Gasteiger partial charge on any atom is 0.0908 e. The number of allylic oxidation sites excluding steroid dienone is 3. The predicted molar refractivity (Wildman–Crippen MR) is 78.6 cm³/mol. The molecule has 0 aromatic carbocycles. The van der Waals surface area contributed by atoms with Gasteiger partial charge >= 0.3 is 0 Å². The topological polar surface area (TPSA) is 62.2 Å². The van der Waals surface area contributed by atoms with Crippen molar-refractivity contribution in [3.05, 3.63) is 23.9 Å². The van der Waals surface area contributed by atoms with E-state index in [2.05, 4.69) is 4.99 Å². The van der Waals surface area contributed by atoms with Gasteiger partial charge in [0.2, 0.25) is 0 Å². The van der Waals surface area contributed by atoms with E-state index in [0.717, 1.165) is 12.8 Å². The van der Waals surface area contributed by atoms with Crippen molar-refractivity contribution in [2.75, 3.05) is 0 Å². The fourth-order valence-corrected chi connectivity index (χ4v) is 3.00. The smallest absolute Gasteiger partial charge is 0.0908 e. The summed E-state index contributed by atoms with van der Waals surface area (Å²) in [7, 11) is 0. The van der Waals surface area contributed by atoms with Crippen LogP contribution >= 0.6 is 0 Å². The van der Waals surface area contributed by atoms with E-state index in [-0.39, 0.29) is 0 Å². The maximum atomic E-state index is 8.47. The van der Waals surface area contributed by atoms with Crippen LogP contribution in [0.1, 0.15) is 44.9 Å². The molecule has 3 heteroatoms. The van der Waals surface area contributed by atoms with Crippen LogP contribution < -0.4 is 5.73 Å². The van der Waals surface area contributed by atoms with Gasteiger partial charge in [-0.3, -0.25) is 4.99 Å². The van der Waals surface area contributed by atoms with E-state index in [9.17, 15) is 0 Å². The van der Waals surface area contributed by atoms with Crippen LogP contribution in [0, 0.1) is 23.2 Å². The average Bonchev–Trinajstić information content (AvgIpc) is 2.41. The van der Waals surface area contributed by atoms with Crippen LogP contribution in [0.2, 0.25) is 0 Å². The van der Waals surface area contributed by atoms with Gasteiger partial charge in [-0.1, -0.05) is 25.3 Å². The normalized spacial score (nSPS) is 29.5. The molecule has 19 heavy (non-hydrogen) atoms. The quantitative estimate of drug-likeness (QED) is 0.620. The van der Waals surface area contributed by atoms with Gasteiger partial charge < -0.3 is 5.73 Å². The van der Waals surface area contributed by atoms with E-state index < -0.39 is 0 Å². The molecular weight excluding hydrogens is 234 g/mol. The third-order valence-corrected chi connectivity index (χ3v) is 4.30. The molecule has 2 N–H and O–H groups in total. The van der Waals surface area contributed by atoms with Crippen LogP contribution in [0.25, 0.3) is 0 Å². The van der Waals surface area contributed by atoms with Crippen molar-refractivity contribution < 1.29 is 0 Å². The van der Waals surface area contributed by atoms with Crippen molar-refractivity contribution in [2.45, 2.75) is 51.0 Å². The Kier molecular flexibility index (Phi) is 5.20. The van der Waals surface area contributed by atoms with Crippen molar-refractivity contribution in [2.24, 2.45) is 22.6 Å². The molecule has 2 saturated carbocycles. The highest BCUT2D eigenvalue weighted by Gasteiger charge is 2.26. The van der Waals surface area contributed by atoms with E-state index in [4.69, 9.17) is 11.0 Å². The molecule has 2 aliphatic carbocycles. The highest BCUT2D eigenvalue weighted by molar-refractivity contribution is 5.79. The SMILES string of the molecule is N#C/C=C/C1CC(N=CC(=CN)C2CCCCC2)C1. The maximum absolute atomic E-state index is 8.47. The summed E-state index contributed by atoms with van der Waals surface area (Å²) in [6.45, 7) is 0. The predicted octanol–water partition coefficient (Wildman–Crippen LogP) is 3.34. The van der Waals surface area contributed by atoms with Gasteiger partial charge in [0, 0.05) is 12.3 Å². The molecular formula is C16H23N3. The van der Waals surface area contributed by atoms with Gasteiger partial charge in [-0.25, -0.2) is 0 Å². The zero-order valence-electron chi connectivity index (χ0n) is 11.5. The molecule has 0 aliphatic heterocycles. The molecule has 0 aromatic rings. The second kappa shape index (κ2) is 7.13. The number of aliphatic imine (C=N–C) groups is 1. The molecule has 0 radical (unpaired) electrons. The summed E-state index contributed by atoms with van der Waals surface area (Å²) in [5, 5.41) is 8.47. The summed E-state index contributed by atoms with van der Waals surface area (Å²) in [6.07, 6.45) is 16.0. The Morgan fingerprint density at radius 1 is 1.21 bits per heavy atom. The monoisotopic (exact) mass is 257 g/mol. The largest absolute Gasteiger partial charge is 0.404 e. The van der Waals surface area contributed by atoms with Gasteiger partial charge in [0.15, 0.2) is 0 Å². The number of hydrogen-bond acceptors (Lipinski definition) is 3. The first-order valence-corrected chi connectivity index (χ1v) is 7.34. The Morgan fingerprint density at radius 3 is 2.58 bits per heavy atom. The van der Waals surface area contributed by atoms with Gasteiger partial charge in [0.05, 0.1) is 12.1 Å². The van der Waals surface area contributed by atoms with Gasteiger partial charge in [-0.2, -0.15) is 5.26 Å². The van der Waals surface area contributed by atoms with Crippen LogP contribution in [0.5, 0.6) is 0 Å². The van der Waals surface area contributed by atoms with Crippen molar-refractivity contribution in [1.82, 2.24) is 0 Å². The highest BCUT2D eigenvalue weighted by atomic mass is 14.8. The van der Waals surface area contributed by atoms with E-state index in [0.29, 0.717) is 17.9 Å². The molecule has 0 unspecified atom stereocenters. The van der Waals surface area contributed by atoms with Gasteiger partial charge in [-0.15, -0.1) is 0 Å². The fraction of sp³-hybridized carbons (Fsp3) is 0.625. The van der Waals surface area contributed by atoms with Crippen LogP contribution in [-0.4, -0.2) is 12.3 Å². The number of rotatable bonds is 4. The molecule has 3 nitrogen and oxygen atoms in total. The minimum atomic E-state index is 0.423. The number of nitriles is 1. The lowest BCUT2D eigenvalue weighted by molar-refractivity contribution is 0.326. The molecule has 2 fully saturated rings. The molecule has 2 aliphatic rings. The lowest BCUT2D eigenvalue weighted by Gasteiger charge is -2.30. The van der Waals surface area contributed by atoms with E-state index in [1.807, 2.05) is 18.4 Å². The van der Waals surface area contributed by atoms with Crippen LogP contribution in [0.15, 0.2) is 28.9 Å². The molecule has 2 rings (SSSR count). The summed E-state index contributed by atoms with van der Waals surface area (Å²) >= 11 is 0. The second-order valence-electron chi connectivity index (χ2n) is 5.65. The fourth-order valence-electron chi connectivity index (χ4n) is 3.00. The zero-order chi connectivity index (χ0) is 13.5. The van der Waals surface area contributed by atoms with Crippen LogP contribution in [-0.2, 0) is 0 Å². The average molecular weight is 257 g/mol. The molecule has 0 heterocycles. The molecule has 0 amide bonds. The second-order valence-corrected chi connectivity index (χ2v) is 5.65. The highest BCUT2D eigenvalue weighted by Crippen LogP contribution is 2.32. The summed E-state index contributed by atoms with van der Waals surface area (Å²) in [5.41, 5.74) is 6.96. The first kappa shape index (κ1) is 13.9. The van der Waals surface area contributed by atoms with E-state index >= 15 is 0 Å². The number of hydrogen-bond donors (Lipinski definition) is 1. The number of nitrogens with zero attached hydrogens (tertiary/aromatic N) is 2. The molecule has 0 bridgehead atoms. The third kappa shape index (κ3) is 3.96. The lowest BCUT2D eigenvalue weighted by Crippen LogP contribution is -2.26.